The van der Waals surface area contributed by atoms with Gasteiger partial charge in [0.1, 0.15) is 5.82 Å². The number of Topliss-reactive ketones (excluding diaryl/α,β-unsaturated/α-hetero) is 1. The number of nitrogens with zero attached hydrogens (tertiary/aromatic N) is 1. The predicted molar refractivity (Wildman–Crippen MR) is 70.7 cm³/mol. The van der Waals surface area contributed by atoms with Crippen LogP contribution in [0.1, 0.15) is 17.3 Å². The zero-order chi connectivity index (χ0) is 13.5. The van der Waals surface area contributed by atoms with Crippen molar-refractivity contribution in [3.63, 3.8) is 0 Å². The highest BCUT2D eigenvalue weighted by Gasteiger charge is 2.17. The molecule has 0 saturated heterocycles. The number of halogens is 1. The van der Waals surface area contributed by atoms with Crippen molar-refractivity contribution < 1.29 is 13.9 Å². The number of ketones is 1. The molecule has 0 saturated carbocycles. The Balaban J connectivity index is 3.16. The summed E-state index contributed by atoms with van der Waals surface area (Å²) in [7, 11) is 1.58. The molecule has 3 nitrogen and oxygen atoms in total. The maximum Gasteiger partial charge on any atom is 0.161 e. The fraction of sp³-hybridized carbons (Fsp3) is 0.357. The van der Waals surface area contributed by atoms with Crippen molar-refractivity contribution in [2.24, 2.45) is 0 Å². The number of para-hydroxylation sites is 1. The molecule has 0 bridgehead atoms. The molecule has 0 N–H and O–H groups in total. The van der Waals surface area contributed by atoms with Gasteiger partial charge < -0.3 is 9.64 Å². The highest BCUT2D eigenvalue weighted by Crippen LogP contribution is 2.24. The van der Waals surface area contributed by atoms with Gasteiger partial charge in [-0.05, 0) is 19.1 Å². The molecular formula is C14H18FNO2. The van der Waals surface area contributed by atoms with Crippen molar-refractivity contribution in [2.75, 3.05) is 31.7 Å². The second kappa shape index (κ2) is 6.91. The smallest absolute Gasteiger partial charge is 0.161 e. The van der Waals surface area contributed by atoms with E-state index >= 15 is 0 Å². The van der Waals surface area contributed by atoms with Crippen LogP contribution >= 0.6 is 0 Å². The minimum Gasteiger partial charge on any atom is -0.383 e. The Hall–Kier alpha value is -1.68. The van der Waals surface area contributed by atoms with Gasteiger partial charge in [0.05, 0.1) is 12.3 Å². The van der Waals surface area contributed by atoms with E-state index in [1.54, 1.807) is 24.2 Å². The molecule has 0 aromatic heterocycles. The van der Waals surface area contributed by atoms with E-state index in [4.69, 9.17) is 4.74 Å². The minimum absolute atomic E-state index is 0.157. The van der Waals surface area contributed by atoms with E-state index in [0.29, 0.717) is 30.9 Å². The highest BCUT2D eigenvalue weighted by molar-refractivity contribution is 5.99. The Bertz CT molecular complexity index is 432. The first kappa shape index (κ1) is 14.4. The molecule has 0 spiro atoms. The fourth-order valence-corrected chi connectivity index (χ4v) is 1.77. The van der Waals surface area contributed by atoms with Gasteiger partial charge in [-0.2, -0.15) is 0 Å². The summed E-state index contributed by atoms with van der Waals surface area (Å²) in [6.45, 7) is 6.50. The second-order valence-corrected chi connectivity index (χ2v) is 3.92. The molecule has 0 atom stereocenters. The van der Waals surface area contributed by atoms with Crippen LogP contribution in [0.3, 0.4) is 0 Å². The summed E-state index contributed by atoms with van der Waals surface area (Å²) in [6, 6.07) is 4.52. The van der Waals surface area contributed by atoms with Gasteiger partial charge in [0.25, 0.3) is 0 Å². The Morgan fingerprint density at radius 1 is 1.56 bits per heavy atom. The summed E-state index contributed by atoms with van der Waals surface area (Å²) >= 11 is 0. The lowest BCUT2D eigenvalue weighted by molar-refractivity contribution is 0.101. The van der Waals surface area contributed by atoms with Gasteiger partial charge in [-0.15, -0.1) is 6.58 Å². The average Bonchev–Trinajstić information content (AvgIpc) is 2.34. The van der Waals surface area contributed by atoms with Crippen LogP contribution in [-0.4, -0.2) is 32.6 Å². The standard InChI is InChI=1S/C14H18FNO2/c1-4-8-16(9-10-18-3)14-12(11(2)17)6-5-7-13(14)15/h4-7H,1,8-10H2,2-3H3. The summed E-state index contributed by atoms with van der Waals surface area (Å²) in [6.07, 6.45) is 1.67. The number of benzene rings is 1. The molecule has 0 amide bonds. The van der Waals surface area contributed by atoms with Crippen molar-refractivity contribution in [1.29, 1.82) is 0 Å². The second-order valence-electron chi connectivity index (χ2n) is 3.92. The molecule has 1 aromatic carbocycles. The van der Waals surface area contributed by atoms with Crippen LogP contribution in [0.4, 0.5) is 10.1 Å². The molecule has 0 aliphatic rings. The zero-order valence-corrected chi connectivity index (χ0v) is 10.8. The van der Waals surface area contributed by atoms with E-state index in [2.05, 4.69) is 6.58 Å². The Kier molecular flexibility index (Phi) is 5.52. The van der Waals surface area contributed by atoms with Crippen LogP contribution in [-0.2, 0) is 4.74 Å². The Labute approximate surface area is 107 Å². The number of hydrogen-bond donors (Lipinski definition) is 0. The van der Waals surface area contributed by atoms with Gasteiger partial charge in [0, 0.05) is 25.8 Å². The first-order valence-corrected chi connectivity index (χ1v) is 5.76. The quantitative estimate of drug-likeness (QED) is 0.551. The molecule has 0 aliphatic carbocycles. The third-order valence-corrected chi connectivity index (χ3v) is 2.60. The SMILES string of the molecule is C=CCN(CCOC)c1c(F)cccc1C(C)=O. The van der Waals surface area contributed by atoms with E-state index in [1.165, 1.54) is 19.1 Å². The van der Waals surface area contributed by atoms with Gasteiger partial charge in [-0.25, -0.2) is 4.39 Å². The Morgan fingerprint density at radius 3 is 2.83 bits per heavy atom. The topological polar surface area (TPSA) is 29.5 Å². The Morgan fingerprint density at radius 2 is 2.28 bits per heavy atom. The molecule has 0 aliphatic heterocycles. The number of rotatable bonds is 7. The number of carbonyl (C=O) groups is 1. The predicted octanol–water partition coefficient (Wildman–Crippen LogP) is 2.67. The summed E-state index contributed by atoms with van der Waals surface area (Å²) in [5, 5.41) is 0. The third kappa shape index (κ3) is 3.40. The summed E-state index contributed by atoms with van der Waals surface area (Å²) < 4.78 is 18.9. The summed E-state index contributed by atoms with van der Waals surface area (Å²) in [5.41, 5.74) is 0.704. The normalized spacial score (nSPS) is 10.2. The summed E-state index contributed by atoms with van der Waals surface area (Å²) in [5.74, 6) is -0.559. The number of ether oxygens (including phenoxy) is 1. The molecule has 98 valence electrons. The third-order valence-electron chi connectivity index (χ3n) is 2.60. The van der Waals surface area contributed by atoms with Crippen molar-refractivity contribution in [2.45, 2.75) is 6.92 Å². The first-order valence-electron chi connectivity index (χ1n) is 5.76. The van der Waals surface area contributed by atoms with Crippen LogP contribution in [0.5, 0.6) is 0 Å². The maximum absolute atomic E-state index is 13.9. The number of hydrogen-bond acceptors (Lipinski definition) is 3. The van der Waals surface area contributed by atoms with Crippen LogP contribution in [0, 0.1) is 5.82 Å². The lowest BCUT2D eigenvalue weighted by Crippen LogP contribution is -2.29. The lowest BCUT2D eigenvalue weighted by Gasteiger charge is -2.25. The van der Waals surface area contributed by atoms with Gasteiger partial charge in [0.15, 0.2) is 5.78 Å². The molecule has 0 radical (unpaired) electrons. The zero-order valence-electron chi connectivity index (χ0n) is 10.8. The number of anilines is 1. The molecule has 0 fully saturated rings. The van der Waals surface area contributed by atoms with Crippen LogP contribution in [0.15, 0.2) is 30.9 Å². The van der Waals surface area contributed by atoms with Crippen molar-refractivity contribution in [1.82, 2.24) is 0 Å². The molecule has 4 heteroatoms. The largest absolute Gasteiger partial charge is 0.383 e. The summed E-state index contributed by atoms with van der Waals surface area (Å²) in [4.78, 5) is 13.3. The van der Waals surface area contributed by atoms with E-state index in [-0.39, 0.29) is 5.78 Å². The molecule has 1 aromatic rings. The van der Waals surface area contributed by atoms with Crippen molar-refractivity contribution in [3.8, 4) is 0 Å². The van der Waals surface area contributed by atoms with Crippen molar-refractivity contribution in [3.05, 3.63) is 42.2 Å². The van der Waals surface area contributed by atoms with E-state index < -0.39 is 5.82 Å². The molecule has 0 heterocycles. The van der Waals surface area contributed by atoms with Crippen molar-refractivity contribution >= 4 is 11.5 Å². The first-order chi connectivity index (χ1) is 8.61. The molecule has 0 unspecified atom stereocenters. The highest BCUT2D eigenvalue weighted by atomic mass is 19.1. The average molecular weight is 251 g/mol. The van der Waals surface area contributed by atoms with Gasteiger partial charge in [-0.3, -0.25) is 4.79 Å². The fourth-order valence-electron chi connectivity index (χ4n) is 1.77. The molecular weight excluding hydrogens is 233 g/mol. The van der Waals surface area contributed by atoms with Crippen LogP contribution in [0.25, 0.3) is 0 Å². The molecule has 18 heavy (non-hydrogen) atoms. The number of methoxy groups -OCH3 is 1. The van der Waals surface area contributed by atoms with Crippen LogP contribution in [0.2, 0.25) is 0 Å². The van der Waals surface area contributed by atoms with E-state index in [9.17, 15) is 9.18 Å². The monoisotopic (exact) mass is 251 g/mol. The minimum atomic E-state index is -0.402. The van der Waals surface area contributed by atoms with Gasteiger partial charge >= 0.3 is 0 Å². The van der Waals surface area contributed by atoms with Gasteiger partial charge in [-0.1, -0.05) is 12.1 Å². The van der Waals surface area contributed by atoms with E-state index in [0.717, 1.165) is 0 Å². The van der Waals surface area contributed by atoms with Crippen LogP contribution < -0.4 is 4.90 Å². The maximum atomic E-state index is 13.9. The molecule has 1 rings (SSSR count). The number of carbonyl (C=O) groups excluding carboxylic acids is 1. The van der Waals surface area contributed by atoms with Gasteiger partial charge in [0.2, 0.25) is 0 Å². The lowest BCUT2D eigenvalue weighted by atomic mass is 10.1. The van der Waals surface area contributed by atoms with E-state index in [1.807, 2.05) is 0 Å².